The van der Waals surface area contributed by atoms with Gasteiger partial charge in [-0.15, -0.1) is 0 Å². The van der Waals surface area contributed by atoms with E-state index in [0.29, 0.717) is 0 Å². The Morgan fingerprint density at radius 3 is 2.15 bits per heavy atom. The van der Waals surface area contributed by atoms with E-state index in [0.717, 1.165) is 29.9 Å². The van der Waals surface area contributed by atoms with Crippen LogP contribution in [0.5, 0.6) is 0 Å². The molecule has 0 saturated carbocycles. The molecular weight excluding hydrogens is 246 g/mol. The molecule has 2 aromatic rings. The molecule has 0 fully saturated rings. The lowest BCUT2D eigenvalue weighted by Gasteiger charge is -2.16. The summed E-state index contributed by atoms with van der Waals surface area (Å²) in [5.41, 5.74) is 12.8. The highest BCUT2D eigenvalue weighted by atomic mass is 16.3. The fourth-order valence-corrected chi connectivity index (χ4v) is 2.95. The third kappa shape index (κ3) is 2.53. The number of nitrogens with two attached hydrogens (primary N) is 1. The summed E-state index contributed by atoms with van der Waals surface area (Å²) < 4.78 is 5.71. The van der Waals surface area contributed by atoms with Gasteiger partial charge in [-0.25, -0.2) is 0 Å². The molecule has 0 aliphatic heterocycles. The SMILES string of the molecule is CCc1ccc(C(N)c2c(C)oc(C)c2C)cc1CC. The number of benzene rings is 1. The zero-order valence-corrected chi connectivity index (χ0v) is 13.2. The maximum Gasteiger partial charge on any atom is 0.106 e. The lowest BCUT2D eigenvalue weighted by molar-refractivity contribution is 0.498. The summed E-state index contributed by atoms with van der Waals surface area (Å²) in [6.45, 7) is 10.5. The van der Waals surface area contributed by atoms with Crippen molar-refractivity contribution < 1.29 is 4.42 Å². The Balaban J connectivity index is 2.45. The quantitative estimate of drug-likeness (QED) is 0.896. The lowest BCUT2D eigenvalue weighted by atomic mass is 9.92. The molecule has 1 aromatic heterocycles. The van der Waals surface area contributed by atoms with Crippen molar-refractivity contribution in [2.45, 2.75) is 53.5 Å². The van der Waals surface area contributed by atoms with Gasteiger partial charge in [-0.2, -0.15) is 0 Å². The van der Waals surface area contributed by atoms with Gasteiger partial charge < -0.3 is 10.2 Å². The summed E-state index contributed by atoms with van der Waals surface area (Å²) in [5, 5.41) is 0. The molecule has 0 aliphatic rings. The Kier molecular flexibility index (Phi) is 4.34. The Labute approximate surface area is 122 Å². The fourth-order valence-electron chi connectivity index (χ4n) is 2.95. The van der Waals surface area contributed by atoms with Crippen molar-refractivity contribution in [3.8, 4) is 0 Å². The van der Waals surface area contributed by atoms with Gasteiger partial charge in [-0.1, -0.05) is 32.0 Å². The van der Waals surface area contributed by atoms with Gasteiger partial charge >= 0.3 is 0 Å². The van der Waals surface area contributed by atoms with Gasteiger partial charge in [0.15, 0.2) is 0 Å². The van der Waals surface area contributed by atoms with E-state index in [4.69, 9.17) is 10.2 Å². The maximum atomic E-state index is 6.49. The normalized spacial score (nSPS) is 12.7. The molecule has 2 rings (SSSR count). The van der Waals surface area contributed by atoms with Crippen molar-refractivity contribution in [3.05, 3.63) is 57.5 Å². The number of hydrogen-bond donors (Lipinski definition) is 1. The van der Waals surface area contributed by atoms with Crippen molar-refractivity contribution in [2.24, 2.45) is 5.73 Å². The van der Waals surface area contributed by atoms with Gasteiger partial charge in [0.25, 0.3) is 0 Å². The van der Waals surface area contributed by atoms with E-state index in [9.17, 15) is 0 Å². The average molecular weight is 271 g/mol. The van der Waals surface area contributed by atoms with Crippen molar-refractivity contribution >= 4 is 0 Å². The third-order valence-electron chi connectivity index (χ3n) is 4.28. The minimum absolute atomic E-state index is 0.108. The molecular formula is C18H25NO. The molecule has 2 nitrogen and oxygen atoms in total. The van der Waals surface area contributed by atoms with E-state index in [1.54, 1.807) is 0 Å². The molecule has 108 valence electrons. The molecule has 0 radical (unpaired) electrons. The second kappa shape index (κ2) is 5.84. The predicted octanol–water partition coefficient (Wildman–Crippen LogP) is 4.38. The Morgan fingerprint density at radius 1 is 1.00 bits per heavy atom. The van der Waals surface area contributed by atoms with Crippen LogP contribution in [0.1, 0.15) is 59.2 Å². The zero-order valence-electron chi connectivity index (χ0n) is 13.2. The van der Waals surface area contributed by atoms with Crippen LogP contribution in [-0.4, -0.2) is 0 Å². The smallest absolute Gasteiger partial charge is 0.106 e. The second-order valence-corrected chi connectivity index (χ2v) is 5.47. The van der Waals surface area contributed by atoms with E-state index >= 15 is 0 Å². The van der Waals surface area contributed by atoms with E-state index in [1.165, 1.54) is 22.3 Å². The minimum atomic E-state index is -0.108. The zero-order chi connectivity index (χ0) is 14.9. The molecule has 0 spiro atoms. The molecule has 0 aliphatic carbocycles. The standard InChI is InChI=1S/C18H25NO/c1-6-14-8-9-16(10-15(14)7-2)18(19)17-11(3)12(4)20-13(17)5/h8-10,18H,6-7,19H2,1-5H3. The van der Waals surface area contributed by atoms with Crippen molar-refractivity contribution in [1.82, 2.24) is 0 Å². The molecule has 1 aromatic carbocycles. The second-order valence-electron chi connectivity index (χ2n) is 5.47. The van der Waals surface area contributed by atoms with E-state index in [-0.39, 0.29) is 6.04 Å². The molecule has 1 atom stereocenters. The molecule has 0 saturated heterocycles. The van der Waals surface area contributed by atoms with Crippen LogP contribution in [0.3, 0.4) is 0 Å². The van der Waals surface area contributed by atoms with E-state index < -0.39 is 0 Å². The first-order valence-corrected chi connectivity index (χ1v) is 7.43. The van der Waals surface area contributed by atoms with Crippen LogP contribution in [0.2, 0.25) is 0 Å². The molecule has 2 heteroatoms. The van der Waals surface area contributed by atoms with E-state index in [1.807, 2.05) is 13.8 Å². The van der Waals surface area contributed by atoms with Crippen molar-refractivity contribution in [2.75, 3.05) is 0 Å². The van der Waals surface area contributed by atoms with Crippen LogP contribution in [0.15, 0.2) is 22.6 Å². The first-order valence-electron chi connectivity index (χ1n) is 7.43. The monoisotopic (exact) mass is 271 g/mol. The van der Waals surface area contributed by atoms with Crippen LogP contribution in [0.4, 0.5) is 0 Å². The molecule has 1 heterocycles. The Morgan fingerprint density at radius 2 is 1.65 bits per heavy atom. The summed E-state index contributed by atoms with van der Waals surface area (Å²) in [5.74, 6) is 1.90. The highest BCUT2D eigenvalue weighted by Crippen LogP contribution is 2.30. The summed E-state index contributed by atoms with van der Waals surface area (Å²) in [4.78, 5) is 0. The number of rotatable bonds is 4. The van der Waals surface area contributed by atoms with Crippen LogP contribution in [0.25, 0.3) is 0 Å². The number of aryl methyl sites for hydroxylation is 4. The molecule has 0 bridgehead atoms. The van der Waals surface area contributed by atoms with Crippen LogP contribution in [-0.2, 0) is 12.8 Å². The van der Waals surface area contributed by atoms with Gasteiger partial charge in [0.1, 0.15) is 11.5 Å². The van der Waals surface area contributed by atoms with Crippen LogP contribution in [0, 0.1) is 20.8 Å². The summed E-state index contributed by atoms with van der Waals surface area (Å²) in [7, 11) is 0. The summed E-state index contributed by atoms with van der Waals surface area (Å²) in [6.07, 6.45) is 2.12. The predicted molar refractivity (Wildman–Crippen MR) is 84.1 cm³/mol. The Hall–Kier alpha value is -1.54. The van der Waals surface area contributed by atoms with E-state index in [2.05, 4.69) is 39.0 Å². The maximum absolute atomic E-state index is 6.49. The third-order valence-corrected chi connectivity index (χ3v) is 4.28. The number of furan rings is 1. The first kappa shape index (κ1) is 14.9. The highest BCUT2D eigenvalue weighted by Gasteiger charge is 2.19. The van der Waals surface area contributed by atoms with Crippen molar-refractivity contribution in [1.29, 1.82) is 0 Å². The Bertz CT molecular complexity index is 610. The van der Waals surface area contributed by atoms with Gasteiger partial charge in [-0.3, -0.25) is 0 Å². The minimum Gasteiger partial charge on any atom is -0.466 e. The summed E-state index contributed by atoms with van der Waals surface area (Å²) in [6, 6.07) is 6.52. The van der Waals surface area contributed by atoms with Crippen molar-refractivity contribution in [3.63, 3.8) is 0 Å². The molecule has 0 amide bonds. The van der Waals surface area contributed by atoms with Gasteiger partial charge in [0, 0.05) is 5.56 Å². The molecule has 1 unspecified atom stereocenters. The topological polar surface area (TPSA) is 39.2 Å². The first-order chi connectivity index (χ1) is 9.49. The fraction of sp³-hybridized carbons (Fsp3) is 0.444. The van der Waals surface area contributed by atoms with Crippen LogP contribution >= 0.6 is 0 Å². The highest BCUT2D eigenvalue weighted by molar-refractivity contribution is 5.42. The molecule has 20 heavy (non-hydrogen) atoms. The lowest BCUT2D eigenvalue weighted by Crippen LogP contribution is -2.14. The van der Waals surface area contributed by atoms with Gasteiger partial charge in [0.05, 0.1) is 6.04 Å². The van der Waals surface area contributed by atoms with Crippen LogP contribution < -0.4 is 5.73 Å². The summed E-state index contributed by atoms with van der Waals surface area (Å²) >= 11 is 0. The number of hydrogen-bond acceptors (Lipinski definition) is 2. The van der Waals surface area contributed by atoms with Gasteiger partial charge in [-0.05, 0) is 55.9 Å². The molecule has 2 N–H and O–H groups in total. The largest absolute Gasteiger partial charge is 0.466 e. The van der Waals surface area contributed by atoms with Gasteiger partial charge in [0.2, 0.25) is 0 Å². The average Bonchev–Trinajstić information content (AvgIpc) is 2.70.